The van der Waals surface area contributed by atoms with Crippen LogP contribution in [-0.4, -0.2) is 15.0 Å². The number of fused-ring (bicyclic) bond motifs is 4. The highest BCUT2D eigenvalue weighted by Gasteiger charge is 2.35. The summed E-state index contributed by atoms with van der Waals surface area (Å²) in [5.41, 5.74) is 13.2. The van der Waals surface area contributed by atoms with Crippen LogP contribution >= 0.6 is 0 Å². The molecule has 0 aliphatic heterocycles. The first-order valence-corrected chi connectivity index (χ1v) is 16.8. The molecule has 1 aliphatic rings. The van der Waals surface area contributed by atoms with Crippen molar-refractivity contribution in [3.05, 3.63) is 175 Å². The van der Waals surface area contributed by atoms with Gasteiger partial charge in [-0.3, -0.25) is 0 Å². The van der Waals surface area contributed by atoms with Crippen molar-refractivity contribution in [1.82, 2.24) is 15.0 Å². The van der Waals surface area contributed by atoms with Crippen LogP contribution in [0.3, 0.4) is 0 Å². The Labute approximate surface area is 286 Å². The number of rotatable bonds is 5. The number of hydrogen-bond donors (Lipinski definition) is 0. The molecule has 0 bridgehead atoms. The molecule has 1 heterocycles. The lowest BCUT2D eigenvalue weighted by molar-refractivity contribution is 0.660. The molecule has 1 aromatic heterocycles. The van der Waals surface area contributed by atoms with E-state index < -0.39 is 0 Å². The molecule has 232 valence electrons. The van der Waals surface area contributed by atoms with E-state index in [-0.39, 0.29) is 5.41 Å². The van der Waals surface area contributed by atoms with Crippen LogP contribution in [-0.2, 0) is 5.41 Å². The van der Waals surface area contributed by atoms with Gasteiger partial charge in [0.2, 0.25) is 0 Å². The molecule has 8 aromatic rings. The zero-order valence-electron chi connectivity index (χ0n) is 27.4. The van der Waals surface area contributed by atoms with Gasteiger partial charge in [0, 0.05) is 22.1 Å². The van der Waals surface area contributed by atoms with Gasteiger partial charge in [0.25, 0.3) is 0 Å². The van der Waals surface area contributed by atoms with Gasteiger partial charge in [-0.15, -0.1) is 0 Å². The third kappa shape index (κ3) is 5.12. The highest BCUT2D eigenvalue weighted by Crippen LogP contribution is 2.49. The van der Waals surface area contributed by atoms with Gasteiger partial charge in [-0.1, -0.05) is 159 Å². The lowest BCUT2D eigenvalue weighted by Gasteiger charge is -2.22. The molecule has 3 heteroatoms. The lowest BCUT2D eigenvalue weighted by Crippen LogP contribution is -2.14. The second kappa shape index (κ2) is 11.5. The molecule has 0 radical (unpaired) electrons. The fourth-order valence-electron chi connectivity index (χ4n) is 7.24. The van der Waals surface area contributed by atoms with E-state index in [9.17, 15) is 0 Å². The summed E-state index contributed by atoms with van der Waals surface area (Å²) in [7, 11) is 0. The van der Waals surface area contributed by atoms with Crippen molar-refractivity contribution in [3.8, 4) is 67.5 Å². The molecule has 49 heavy (non-hydrogen) atoms. The van der Waals surface area contributed by atoms with Gasteiger partial charge < -0.3 is 0 Å². The number of nitrogens with zero attached hydrogens (tertiary/aromatic N) is 3. The Hall–Kier alpha value is -6.19. The van der Waals surface area contributed by atoms with E-state index in [2.05, 4.69) is 117 Å². The van der Waals surface area contributed by atoms with Gasteiger partial charge in [-0.05, 0) is 73.5 Å². The molecule has 0 amide bonds. The van der Waals surface area contributed by atoms with Gasteiger partial charge in [-0.2, -0.15) is 0 Å². The molecule has 7 aromatic carbocycles. The maximum absolute atomic E-state index is 4.89. The largest absolute Gasteiger partial charge is 0.208 e. The smallest absolute Gasteiger partial charge is 0.164 e. The zero-order valence-corrected chi connectivity index (χ0v) is 27.4. The molecule has 0 atom stereocenters. The predicted octanol–water partition coefficient (Wildman–Crippen LogP) is 11.7. The third-order valence-electron chi connectivity index (χ3n) is 9.93. The monoisotopic (exact) mass is 627 g/mol. The van der Waals surface area contributed by atoms with Crippen molar-refractivity contribution in [2.75, 3.05) is 0 Å². The summed E-state index contributed by atoms with van der Waals surface area (Å²) in [5.74, 6) is 1.98. The molecule has 3 nitrogen and oxygen atoms in total. The Bertz CT molecular complexity index is 2440. The molecule has 0 saturated carbocycles. The van der Waals surface area contributed by atoms with E-state index in [1.54, 1.807) is 0 Å². The average molecular weight is 628 g/mol. The van der Waals surface area contributed by atoms with Crippen LogP contribution in [0.15, 0.2) is 164 Å². The molecule has 0 saturated heterocycles. The van der Waals surface area contributed by atoms with Gasteiger partial charge in [0.05, 0.1) is 0 Å². The van der Waals surface area contributed by atoms with E-state index in [1.807, 2.05) is 60.7 Å². The first kappa shape index (κ1) is 29.0. The van der Waals surface area contributed by atoms with Gasteiger partial charge in [0.1, 0.15) is 0 Å². The Morgan fingerprint density at radius 2 is 0.735 bits per heavy atom. The van der Waals surface area contributed by atoms with Gasteiger partial charge >= 0.3 is 0 Å². The second-order valence-corrected chi connectivity index (χ2v) is 13.3. The highest BCUT2D eigenvalue weighted by atomic mass is 15.0. The van der Waals surface area contributed by atoms with Crippen LogP contribution < -0.4 is 0 Å². The van der Waals surface area contributed by atoms with Crippen molar-refractivity contribution in [2.45, 2.75) is 19.3 Å². The minimum absolute atomic E-state index is 0.0128. The van der Waals surface area contributed by atoms with Crippen LogP contribution in [0.25, 0.3) is 78.3 Å². The van der Waals surface area contributed by atoms with Crippen molar-refractivity contribution < 1.29 is 0 Å². The molecule has 0 N–H and O–H groups in total. The first-order valence-electron chi connectivity index (χ1n) is 16.8. The van der Waals surface area contributed by atoms with Crippen LogP contribution in [0, 0.1) is 0 Å². The van der Waals surface area contributed by atoms with Crippen LogP contribution in [0.4, 0.5) is 0 Å². The van der Waals surface area contributed by atoms with E-state index >= 15 is 0 Å². The highest BCUT2D eigenvalue weighted by molar-refractivity contribution is 5.92. The minimum Gasteiger partial charge on any atom is -0.208 e. The van der Waals surface area contributed by atoms with Gasteiger partial charge in [-0.25, -0.2) is 15.0 Å². The number of hydrogen-bond acceptors (Lipinski definition) is 3. The molecule has 9 rings (SSSR count). The standard InChI is InChI=1S/C46H33N3/c1-46(2)41-16-10-9-15-39(41)40-26-25-38(29-42(40)46)37-24-23-35-27-34(21-22-36(35)28-37)30-17-19-33(20-18-30)45-48-43(31-11-5-3-6-12-31)47-44(49-45)32-13-7-4-8-14-32/h3-29H,1-2H3. The normalized spacial score (nSPS) is 12.9. The molecule has 1 aliphatic carbocycles. The van der Waals surface area contributed by atoms with Crippen molar-refractivity contribution in [1.29, 1.82) is 0 Å². The van der Waals surface area contributed by atoms with E-state index in [4.69, 9.17) is 15.0 Å². The van der Waals surface area contributed by atoms with E-state index in [1.165, 1.54) is 49.7 Å². The Kier molecular flexibility index (Phi) is 6.80. The summed E-state index contributed by atoms with van der Waals surface area (Å²) in [6.07, 6.45) is 0. The molecular weight excluding hydrogens is 595 g/mol. The zero-order chi connectivity index (χ0) is 33.0. The quantitative estimate of drug-likeness (QED) is 0.191. The first-order chi connectivity index (χ1) is 24.0. The predicted molar refractivity (Wildman–Crippen MR) is 202 cm³/mol. The Morgan fingerprint density at radius 3 is 1.33 bits per heavy atom. The SMILES string of the molecule is CC1(C)c2ccccc2-c2ccc(-c3ccc4cc(-c5ccc(-c6nc(-c7ccccc7)nc(-c7ccccc7)n6)cc5)ccc4c3)cc21. The molecule has 0 spiro atoms. The lowest BCUT2D eigenvalue weighted by atomic mass is 9.81. The molecule has 0 fully saturated rings. The Balaban J connectivity index is 1.02. The van der Waals surface area contributed by atoms with Crippen LogP contribution in [0.1, 0.15) is 25.0 Å². The fraction of sp³-hybridized carbons (Fsp3) is 0.0652. The summed E-state index contributed by atoms with van der Waals surface area (Å²) in [6, 6.07) is 58.0. The van der Waals surface area contributed by atoms with E-state index in [0.29, 0.717) is 17.5 Å². The number of benzene rings is 7. The summed E-state index contributed by atoms with van der Waals surface area (Å²) in [5, 5.41) is 2.45. The third-order valence-corrected chi connectivity index (χ3v) is 9.93. The maximum Gasteiger partial charge on any atom is 0.164 e. The molecule has 0 unspecified atom stereocenters. The summed E-state index contributed by atoms with van der Waals surface area (Å²) < 4.78 is 0. The van der Waals surface area contributed by atoms with Crippen molar-refractivity contribution in [3.63, 3.8) is 0 Å². The number of aromatic nitrogens is 3. The van der Waals surface area contributed by atoms with Crippen LogP contribution in [0.5, 0.6) is 0 Å². The summed E-state index contributed by atoms with van der Waals surface area (Å²) >= 11 is 0. The fourth-order valence-corrected chi connectivity index (χ4v) is 7.24. The maximum atomic E-state index is 4.89. The topological polar surface area (TPSA) is 38.7 Å². The average Bonchev–Trinajstić information content (AvgIpc) is 3.40. The summed E-state index contributed by atoms with van der Waals surface area (Å²) in [6.45, 7) is 4.67. The van der Waals surface area contributed by atoms with Gasteiger partial charge in [0.15, 0.2) is 17.5 Å². The molecular formula is C46H33N3. The van der Waals surface area contributed by atoms with Crippen molar-refractivity contribution >= 4 is 10.8 Å². The van der Waals surface area contributed by atoms with Crippen molar-refractivity contribution in [2.24, 2.45) is 0 Å². The van der Waals surface area contributed by atoms with Crippen LogP contribution in [0.2, 0.25) is 0 Å². The Morgan fingerprint density at radius 1 is 0.327 bits per heavy atom. The summed E-state index contributed by atoms with van der Waals surface area (Å²) in [4.78, 5) is 14.6. The minimum atomic E-state index is -0.0128. The second-order valence-electron chi connectivity index (χ2n) is 13.3. The van der Waals surface area contributed by atoms with E-state index in [0.717, 1.165) is 22.3 Å².